The molecule has 8 heteroatoms. The van der Waals surface area contributed by atoms with Gasteiger partial charge in [-0.2, -0.15) is 13.2 Å². The van der Waals surface area contributed by atoms with Crippen molar-refractivity contribution in [3.8, 4) is 0 Å². The third-order valence-electron chi connectivity index (χ3n) is 4.35. The predicted octanol–water partition coefficient (Wildman–Crippen LogP) is 2.28. The van der Waals surface area contributed by atoms with E-state index >= 15 is 0 Å². The summed E-state index contributed by atoms with van der Waals surface area (Å²) in [6.45, 7) is 4.66. The lowest BCUT2D eigenvalue weighted by Gasteiger charge is -2.32. The van der Waals surface area contributed by atoms with Gasteiger partial charge in [-0.1, -0.05) is 6.07 Å². The largest absolute Gasteiger partial charge is 0.416 e. The van der Waals surface area contributed by atoms with Crippen LogP contribution in [0.5, 0.6) is 0 Å². The van der Waals surface area contributed by atoms with Crippen LogP contribution in [0.2, 0.25) is 0 Å². The Balaban J connectivity index is 1.86. The Labute approximate surface area is 150 Å². The third-order valence-corrected chi connectivity index (χ3v) is 4.35. The molecule has 1 aliphatic rings. The van der Waals surface area contributed by atoms with E-state index in [1.54, 1.807) is 0 Å². The van der Waals surface area contributed by atoms with Crippen LogP contribution >= 0.6 is 0 Å². The minimum absolute atomic E-state index is 0.00480. The lowest BCUT2D eigenvalue weighted by molar-refractivity contribution is -0.137. The van der Waals surface area contributed by atoms with E-state index in [2.05, 4.69) is 10.6 Å². The SMILES string of the molecule is CCNC(=O)CN1CCCC(CNC(=O)c2cccc(C(F)(F)F)c2)C1. The summed E-state index contributed by atoms with van der Waals surface area (Å²) in [5, 5.41) is 5.47. The molecule has 26 heavy (non-hydrogen) atoms. The number of alkyl halides is 3. The summed E-state index contributed by atoms with van der Waals surface area (Å²) < 4.78 is 38.2. The van der Waals surface area contributed by atoms with E-state index in [1.165, 1.54) is 12.1 Å². The zero-order chi connectivity index (χ0) is 19.2. The van der Waals surface area contributed by atoms with E-state index in [-0.39, 0.29) is 17.4 Å². The summed E-state index contributed by atoms with van der Waals surface area (Å²) in [6, 6.07) is 4.40. The highest BCUT2D eigenvalue weighted by Crippen LogP contribution is 2.29. The zero-order valence-electron chi connectivity index (χ0n) is 14.7. The van der Waals surface area contributed by atoms with Crippen molar-refractivity contribution in [2.24, 2.45) is 5.92 Å². The molecule has 0 saturated carbocycles. The molecule has 2 amide bonds. The second-order valence-corrected chi connectivity index (χ2v) is 6.49. The van der Waals surface area contributed by atoms with Gasteiger partial charge in [-0.3, -0.25) is 14.5 Å². The molecule has 1 unspecified atom stereocenters. The molecular formula is C18H24F3N3O2. The zero-order valence-corrected chi connectivity index (χ0v) is 14.7. The summed E-state index contributed by atoms with van der Waals surface area (Å²) in [5.41, 5.74) is -0.842. The van der Waals surface area contributed by atoms with Crippen LogP contribution in [0, 0.1) is 5.92 Å². The molecule has 144 valence electrons. The molecule has 5 nitrogen and oxygen atoms in total. The highest BCUT2D eigenvalue weighted by atomic mass is 19.4. The van der Waals surface area contributed by atoms with Gasteiger partial charge in [-0.05, 0) is 50.4 Å². The van der Waals surface area contributed by atoms with Crippen LogP contribution in [-0.4, -0.2) is 49.4 Å². The number of benzene rings is 1. The number of carbonyl (C=O) groups is 2. The van der Waals surface area contributed by atoms with Gasteiger partial charge in [0.2, 0.25) is 5.91 Å². The van der Waals surface area contributed by atoms with Crippen molar-refractivity contribution in [2.45, 2.75) is 25.9 Å². The summed E-state index contributed by atoms with van der Waals surface area (Å²) in [6.07, 6.45) is -2.64. The average molecular weight is 371 g/mol. The number of piperidine rings is 1. The molecule has 0 bridgehead atoms. The molecule has 0 spiro atoms. The van der Waals surface area contributed by atoms with Crippen LogP contribution in [-0.2, 0) is 11.0 Å². The average Bonchev–Trinajstić information content (AvgIpc) is 2.59. The molecule has 1 aromatic rings. The van der Waals surface area contributed by atoms with Gasteiger partial charge in [0.15, 0.2) is 0 Å². The highest BCUT2D eigenvalue weighted by molar-refractivity contribution is 5.94. The minimum atomic E-state index is -4.47. The first kappa shape index (κ1) is 20.2. The monoisotopic (exact) mass is 371 g/mol. The molecule has 1 fully saturated rings. The van der Waals surface area contributed by atoms with Crippen LogP contribution in [0.3, 0.4) is 0 Å². The first-order valence-corrected chi connectivity index (χ1v) is 8.74. The third kappa shape index (κ3) is 6.01. The number of rotatable bonds is 6. The number of nitrogens with zero attached hydrogens (tertiary/aromatic N) is 1. The van der Waals surface area contributed by atoms with E-state index in [0.29, 0.717) is 26.2 Å². The van der Waals surface area contributed by atoms with E-state index in [1.807, 2.05) is 11.8 Å². The summed E-state index contributed by atoms with van der Waals surface area (Å²) in [4.78, 5) is 25.9. The topological polar surface area (TPSA) is 61.4 Å². The number of hydrogen-bond donors (Lipinski definition) is 2. The van der Waals surface area contributed by atoms with E-state index in [9.17, 15) is 22.8 Å². The van der Waals surface area contributed by atoms with Crippen molar-refractivity contribution in [1.82, 2.24) is 15.5 Å². The van der Waals surface area contributed by atoms with Crippen LogP contribution in [0.4, 0.5) is 13.2 Å². The molecule has 1 aromatic carbocycles. The maximum Gasteiger partial charge on any atom is 0.416 e. The molecule has 1 atom stereocenters. The van der Waals surface area contributed by atoms with Gasteiger partial charge >= 0.3 is 6.18 Å². The molecular weight excluding hydrogens is 347 g/mol. The summed E-state index contributed by atoms with van der Waals surface area (Å²) >= 11 is 0. The van der Waals surface area contributed by atoms with Crippen molar-refractivity contribution in [3.63, 3.8) is 0 Å². The Kier molecular flexibility index (Phi) is 7.02. The number of nitrogens with one attached hydrogen (secondary N) is 2. The Hall–Kier alpha value is -2.09. The Morgan fingerprint density at radius 1 is 1.27 bits per heavy atom. The van der Waals surface area contributed by atoms with Crippen molar-refractivity contribution < 1.29 is 22.8 Å². The fourth-order valence-electron chi connectivity index (χ4n) is 3.09. The van der Waals surface area contributed by atoms with Gasteiger partial charge in [0, 0.05) is 25.2 Å². The first-order chi connectivity index (χ1) is 12.3. The highest BCUT2D eigenvalue weighted by Gasteiger charge is 2.31. The molecule has 2 N–H and O–H groups in total. The quantitative estimate of drug-likeness (QED) is 0.807. The maximum atomic E-state index is 12.7. The Morgan fingerprint density at radius 2 is 2.04 bits per heavy atom. The first-order valence-electron chi connectivity index (χ1n) is 8.74. The number of hydrogen-bond acceptors (Lipinski definition) is 3. The van der Waals surface area contributed by atoms with Crippen LogP contribution < -0.4 is 10.6 Å². The van der Waals surface area contributed by atoms with Gasteiger partial charge in [0.1, 0.15) is 0 Å². The minimum Gasteiger partial charge on any atom is -0.355 e. The van der Waals surface area contributed by atoms with Crippen LogP contribution in [0.1, 0.15) is 35.7 Å². The summed E-state index contributed by atoms with van der Waals surface area (Å²) in [7, 11) is 0. The summed E-state index contributed by atoms with van der Waals surface area (Å²) in [5.74, 6) is -0.369. The Bertz CT molecular complexity index is 634. The number of amides is 2. The molecule has 0 aliphatic carbocycles. The lowest BCUT2D eigenvalue weighted by Crippen LogP contribution is -2.45. The van der Waals surface area contributed by atoms with E-state index < -0.39 is 17.6 Å². The predicted molar refractivity (Wildman–Crippen MR) is 91.6 cm³/mol. The van der Waals surface area contributed by atoms with Gasteiger partial charge in [0.05, 0.1) is 12.1 Å². The Morgan fingerprint density at radius 3 is 2.73 bits per heavy atom. The van der Waals surface area contributed by atoms with Crippen molar-refractivity contribution >= 4 is 11.8 Å². The van der Waals surface area contributed by atoms with Crippen molar-refractivity contribution in [3.05, 3.63) is 35.4 Å². The molecule has 1 aliphatic heterocycles. The number of carbonyl (C=O) groups excluding carboxylic acids is 2. The van der Waals surface area contributed by atoms with Gasteiger partial charge in [-0.25, -0.2) is 0 Å². The second-order valence-electron chi connectivity index (χ2n) is 6.49. The van der Waals surface area contributed by atoms with Gasteiger partial charge in [-0.15, -0.1) is 0 Å². The standard InChI is InChI=1S/C18H24F3N3O2/c1-2-22-16(25)12-24-8-4-5-13(11-24)10-23-17(26)14-6-3-7-15(9-14)18(19,20)21/h3,6-7,9,13H,2,4-5,8,10-12H2,1H3,(H,22,25)(H,23,26). The normalized spacial score (nSPS) is 18.4. The van der Waals surface area contributed by atoms with Crippen LogP contribution in [0.25, 0.3) is 0 Å². The van der Waals surface area contributed by atoms with Crippen LogP contribution in [0.15, 0.2) is 24.3 Å². The second kappa shape index (κ2) is 9.02. The molecule has 0 radical (unpaired) electrons. The van der Waals surface area contributed by atoms with E-state index in [0.717, 1.165) is 31.5 Å². The molecule has 1 heterocycles. The number of halogens is 3. The van der Waals surface area contributed by atoms with E-state index in [4.69, 9.17) is 0 Å². The molecule has 1 saturated heterocycles. The van der Waals surface area contributed by atoms with Crippen molar-refractivity contribution in [1.29, 1.82) is 0 Å². The van der Waals surface area contributed by atoms with Gasteiger partial charge < -0.3 is 10.6 Å². The lowest BCUT2D eigenvalue weighted by atomic mass is 9.97. The fourth-order valence-corrected chi connectivity index (χ4v) is 3.09. The smallest absolute Gasteiger partial charge is 0.355 e. The molecule has 2 rings (SSSR count). The maximum absolute atomic E-state index is 12.7. The molecule has 0 aromatic heterocycles. The van der Waals surface area contributed by atoms with Crippen molar-refractivity contribution in [2.75, 3.05) is 32.7 Å². The fraction of sp³-hybridized carbons (Fsp3) is 0.556. The van der Waals surface area contributed by atoms with Gasteiger partial charge in [0.25, 0.3) is 5.91 Å². The number of likely N-dealkylation sites (tertiary alicyclic amines) is 1. The number of likely N-dealkylation sites (N-methyl/N-ethyl adjacent to an activating group) is 1.